The van der Waals surface area contributed by atoms with E-state index in [0.717, 1.165) is 11.1 Å². The van der Waals surface area contributed by atoms with E-state index >= 15 is 0 Å². The minimum Gasteiger partial charge on any atom is -0.387 e. The first kappa shape index (κ1) is 16.7. The summed E-state index contributed by atoms with van der Waals surface area (Å²) in [6.07, 6.45) is -2.60. The van der Waals surface area contributed by atoms with Crippen LogP contribution in [0.15, 0.2) is 60.7 Å². The molecule has 0 aliphatic carbocycles. The third-order valence-electron chi connectivity index (χ3n) is 4.61. The van der Waals surface area contributed by atoms with E-state index in [0.29, 0.717) is 19.8 Å². The Bertz CT molecular complexity index is 619. The molecule has 2 bridgehead atoms. The fourth-order valence-electron chi connectivity index (χ4n) is 3.25. The molecule has 2 saturated heterocycles. The van der Waals surface area contributed by atoms with Crippen molar-refractivity contribution >= 4 is 0 Å². The lowest BCUT2D eigenvalue weighted by molar-refractivity contribution is -0.258. The Morgan fingerprint density at radius 1 is 0.840 bits per heavy atom. The molecule has 2 fully saturated rings. The summed E-state index contributed by atoms with van der Waals surface area (Å²) < 4.78 is 23.4. The fourth-order valence-corrected chi connectivity index (χ4v) is 3.25. The molecule has 0 amide bonds. The second-order valence-corrected chi connectivity index (χ2v) is 6.39. The van der Waals surface area contributed by atoms with Crippen molar-refractivity contribution in [2.75, 3.05) is 6.61 Å². The van der Waals surface area contributed by atoms with Crippen LogP contribution in [-0.4, -0.2) is 42.4 Å². The molecule has 5 heteroatoms. The molecule has 0 unspecified atom stereocenters. The first-order valence-electron chi connectivity index (χ1n) is 8.57. The number of rotatable bonds is 6. The summed E-state index contributed by atoms with van der Waals surface area (Å²) in [5.74, 6) is 0. The van der Waals surface area contributed by atoms with E-state index in [-0.39, 0.29) is 6.10 Å². The average molecular weight is 342 g/mol. The molecule has 0 aromatic heterocycles. The van der Waals surface area contributed by atoms with Crippen molar-refractivity contribution in [3.63, 3.8) is 0 Å². The van der Waals surface area contributed by atoms with Crippen LogP contribution >= 0.6 is 0 Å². The highest BCUT2D eigenvalue weighted by Crippen LogP contribution is 2.32. The summed E-state index contributed by atoms with van der Waals surface area (Å²) in [5, 5.41) is 10.6. The van der Waals surface area contributed by atoms with Crippen molar-refractivity contribution in [2.24, 2.45) is 0 Å². The number of fused-ring (bicyclic) bond motifs is 2. The predicted molar refractivity (Wildman–Crippen MR) is 90.7 cm³/mol. The minimum atomic E-state index is -0.775. The molecule has 0 saturated carbocycles. The van der Waals surface area contributed by atoms with E-state index < -0.39 is 24.6 Å². The van der Waals surface area contributed by atoms with Crippen LogP contribution in [0.3, 0.4) is 0 Å². The van der Waals surface area contributed by atoms with Crippen LogP contribution < -0.4 is 0 Å². The van der Waals surface area contributed by atoms with E-state index in [9.17, 15) is 5.11 Å². The van der Waals surface area contributed by atoms with Gasteiger partial charge in [0, 0.05) is 0 Å². The Morgan fingerprint density at radius 3 is 2.00 bits per heavy atom. The summed E-state index contributed by atoms with van der Waals surface area (Å²) in [5.41, 5.74) is 2.11. The van der Waals surface area contributed by atoms with Crippen molar-refractivity contribution in [3.8, 4) is 0 Å². The summed E-state index contributed by atoms with van der Waals surface area (Å²) >= 11 is 0. The van der Waals surface area contributed by atoms with Gasteiger partial charge in [-0.25, -0.2) is 0 Å². The van der Waals surface area contributed by atoms with Crippen LogP contribution in [0.5, 0.6) is 0 Å². The normalized spacial score (nSPS) is 31.2. The topological polar surface area (TPSA) is 57.2 Å². The third-order valence-corrected chi connectivity index (χ3v) is 4.61. The standard InChI is InChI=1S/C20H22O5/c21-17-16-13-24-20(25-16)19(23-12-15-9-5-2-6-10-15)18(17)22-11-14-7-3-1-4-8-14/h1-10,16-21H,11-13H2/t16-,17-,18+,19-,20-/m1/s1. The van der Waals surface area contributed by atoms with Gasteiger partial charge in [-0.05, 0) is 11.1 Å². The van der Waals surface area contributed by atoms with E-state index in [1.54, 1.807) is 0 Å². The van der Waals surface area contributed by atoms with Gasteiger partial charge in [0.25, 0.3) is 0 Å². The van der Waals surface area contributed by atoms with Crippen LogP contribution in [0.1, 0.15) is 11.1 Å². The zero-order chi connectivity index (χ0) is 17.1. The van der Waals surface area contributed by atoms with Gasteiger partial charge >= 0.3 is 0 Å². The van der Waals surface area contributed by atoms with Crippen molar-refractivity contribution in [2.45, 2.75) is 43.9 Å². The van der Waals surface area contributed by atoms with Gasteiger partial charge in [-0.2, -0.15) is 0 Å². The second-order valence-electron chi connectivity index (χ2n) is 6.39. The highest BCUT2D eigenvalue weighted by atomic mass is 16.8. The fraction of sp³-hybridized carbons (Fsp3) is 0.400. The van der Waals surface area contributed by atoms with Gasteiger partial charge in [0.15, 0.2) is 6.29 Å². The van der Waals surface area contributed by atoms with Gasteiger partial charge in [-0.3, -0.25) is 0 Å². The van der Waals surface area contributed by atoms with Crippen molar-refractivity contribution < 1.29 is 24.1 Å². The largest absolute Gasteiger partial charge is 0.387 e. The second kappa shape index (κ2) is 7.64. The number of benzene rings is 2. The van der Waals surface area contributed by atoms with Crippen LogP contribution in [0.2, 0.25) is 0 Å². The van der Waals surface area contributed by atoms with Gasteiger partial charge in [0.05, 0.1) is 19.8 Å². The lowest BCUT2D eigenvalue weighted by atomic mass is 10.0. The van der Waals surface area contributed by atoms with E-state index in [1.165, 1.54) is 0 Å². The van der Waals surface area contributed by atoms with Crippen LogP contribution in [0, 0.1) is 0 Å². The molecule has 5 atom stereocenters. The molecule has 0 radical (unpaired) electrons. The Hall–Kier alpha value is -1.76. The lowest BCUT2D eigenvalue weighted by Gasteiger charge is -2.38. The molecule has 1 N–H and O–H groups in total. The molecule has 5 nitrogen and oxygen atoms in total. The molecule has 2 aromatic carbocycles. The quantitative estimate of drug-likeness (QED) is 0.873. The van der Waals surface area contributed by atoms with Gasteiger partial charge in [0.2, 0.25) is 0 Å². The monoisotopic (exact) mass is 342 g/mol. The Labute approximate surface area is 147 Å². The lowest BCUT2D eigenvalue weighted by Crippen LogP contribution is -2.55. The summed E-state index contributed by atoms with van der Waals surface area (Å²) in [7, 11) is 0. The molecular weight excluding hydrogens is 320 g/mol. The number of hydrogen-bond donors (Lipinski definition) is 1. The third kappa shape index (κ3) is 3.76. The predicted octanol–water partition coefficient (Wildman–Crippen LogP) is 2.27. The molecule has 4 rings (SSSR count). The van der Waals surface area contributed by atoms with Gasteiger partial charge in [-0.15, -0.1) is 0 Å². The number of aliphatic hydroxyl groups is 1. The molecule has 132 valence electrons. The first-order chi connectivity index (χ1) is 12.3. The highest BCUT2D eigenvalue weighted by Gasteiger charge is 2.51. The van der Waals surface area contributed by atoms with Crippen LogP contribution in [0.25, 0.3) is 0 Å². The minimum absolute atomic E-state index is 0.359. The molecule has 2 aliphatic heterocycles. The number of aliphatic hydroxyl groups excluding tert-OH is 1. The SMILES string of the molecule is O[C@H]1[C@H](OCc2ccccc2)[C@@H](OCc2ccccc2)[C@@H]2OC[C@H]1O2. The van der Waals surface area contributed by atoms with Crippen LogP contribution in [0.4, 0.5) is 0 Å². The van der Waals surface area contributed by atoms with E-state index in [2.05, 4.69) is 0 Å². The summed E-state index contributed by atoms with van der Waals surface area (Å²) in [6.45, 7) is 1.19. The van der Waals surface area contributed by atoms with Crippen LogP contribution in [-0.2, 0) is 32.2 Å². The Morgan fingerprint density at radius 2 is 1.40 bits per heavy atom. The maximum absolute atomic E-state index is 10.6. The number of ether oxygens (including phenoxy) is 4. The van der Waals surface area contributed by atoms with Gasteiger partial charge in [0.1, 0.15) is 24.4 Å². The zero-order valence-electron chi connectivity index (χ0n) is 13.9. The maximum Gasteiger partial charge on any atom is 0.187 e. The molecule has 2 aromatic rings. The molecule has 0 spiro atoms. The van der Waals surface area contributed by atoms with Crippen molar-refractivity contribution in [3.05, 3.63) is 71.8 Å². The Balaban J connectivity index is 1.45. The molecular formula is C20H22O5. The molecule has 25 heavy (non-hydrogen) atoms. The van der Waals surface area contributed by atoms with Crippen molar-refractivity contribution in [1.82, 2.24) is 0 Å². The van der Waals surface area contributed by atoms with E-state index in [4.69, 9.17) is 18.9 Å². The summed E-state index contributed by atoms with van der Waals surface area (Å²) in [6, 6.07) is 19.8. The molecule has 2 heterocycles. The van der Waals surface area contributed by atoms with Gasteiger partial charge in [-0.1, -0.05) is 60.7 Å². The number of hydrogen-bond acceptors (Lipinski definition) is 5. The Kier molecular flexibility index (Phi) is 5.10. The highest BCUT2D eigenvalue weighted by molar-refractivity contribution is 5.14. The average Bonchev–Trinajstić information content (AvgIpc) is 3.11. The molecule has 2 aliphatic rings. The van der Waals surface area contributed by atoms with E-state index in [1.807, 2.05) is 60.7 Å². The summed E-state index contributed by atoms with van der Waals surface area (Å²) in [4.78, 5) is 0. The maximum atomic E-state index is 10.6. The smallest absolute Gasteiger partial charge is 0.187 e. The van der Waals surface area contributed by atoms with Gasteiger partial charge < -0.3 is 24.1 Å². The zero-order valence-corrected chi connectivity index (χ0v) is 13.9. The first-order valence-corrected chi connectivity index (χ1v) is 8.57. The van der Waals surface area contributed by atoms with Crippen molar-refractivity contribution in [1.29, 1.82) is 0 Å².